The van der Waals surface area contributed by atoms with Gasteiger partial charge in [0.05, 0.1) is 5.56 Å². The Labute approximate surface area is 180 Å². The molecule has 1 saturated heterocycles. The van der Waals surface area contributed by atoms with Crippen molar-refractivity contribution in [2.45, 2.75) is 6.92 Å². The molecule has 156 valence electrons. The van der Waals surface area contributed by atoms with E-state index in [9.17, 15) is 4.39 Å². The van der Waals surface area contributed by atoms with Crippen molar-refractivity contribution in [3.63, 3.8) is 0 Å². The van der Waals surface area contributed by atoms with Gasteiger partial charge >= 0.3 is 0 Å². The molecule has 1 aliphatic heterocycles. The molecule has 6 nitrogen and oxygen atoms in total. The first-order valence-corrected chi connectivity index (χ1v) is 10.3. The first-order valence-electron chi connectivity index (χ1n) is 10.3. The van der Waals surface area contributed by atoms with Gasteiger partial charge in [0.2, 0.25) is 5.82 Å². The lowest BCUT2D eigenvalue weighted by Gasteiger charge is -2.36. The summed E-state index contributed by atoms with van der Waals surface area (Å²) in [6, 6.07) is 18.6. The van der Waals surface area contributed by atoms with E-state index in [-0.39, 0.29) is 5.82 Å². The van der Waals surface area contributed by atoms with Gasteiger partial charge in [0.25, 0.3) is 5.89 Å². The summed E-state index contributed by atoms with van der Waals surface area (Å²) in [5.41, 5.74) is 3.92. The second kappa shape index (κ2) is 8.18. The second-order valence-corrected chi connectivity index (χ2v) is 7.65. The number of halogens is 1. The molecule has 31 heavy (non-hydrogen) atoms. The van der Waals surface area contributed by atoms with Gasteiger partial charge in [0, 0.05) is 43.6 Å². The number of nitrogens with zero attached hydrogens (tertiary/aromatic N) is 5. The number of hydrogen-bond acceptors (Lipinski definition) is 6. The highest BCUT2D eigenvalue weighted by atomic mass is 19.1. The lowest BCUT2D eigenvalue weighted by atomic mass is 10.1. The van der Waals surface area contributed by atoms with Gasteiger partial charge in [-0.15, -0.1) is 0 Å². The summed E-state index contributed by atoms with van der Waals surface area (Å²) in [6.07, 6.45) is 1.77. The number of pyridine rings is 1. The van der Waals surface area contributed by atoms with E-state index in [2.05, 4.69) is 24.9 Å². The van der Waals surface area contributed by atoms with Gasteiger partial charge in [-0.3, -0.25) is 0 Å². The molecule has 2 aromatic carbocycles. The Bertz CT molecular complexity index is 1170. The third-order valence-electron chi connectivity index (χ3n) is 5.49. The third-order valence-corrected chi connectivity index (χ3v) is 5.49. The zero-order chi connectivity index (χ0) is 21.2. The van der Waals surface area contributed by atoms with Crippen LogP contribution in [-0.2, 0) is 0 Å². The summed E-state index contributed by atoms with van der Waals surface area (Å²) in [4.78, 5) is 13.6. The maximum Gasteiger partial charge on any atom is 0.259 e. The standard InChI is InChI=1S/C24H22FN5O/c1-17-3-2-4-18(15-17)23-27-24(31-28-23)19-5-10-22(26-16-19)30-13-11-29(12-14-30)21-8-6-20(25)7-9-21/h2-10,15-16H,11-14H2,1H3. The summed E-state index contributed by atoms with van der Waals surface area (Å²) in [6.45, 7) is 5.45. The van der Waals surface area contributed by atoms with Crippen LogP contribution < -0.4 is 9.80 Å². The molecule has 0 spiro atoms. The molecule has 1 fully saturated rings. The minimum atomic E-state index is -0.209. The number of rotatable bonds is 4. The van der Waals surface area contributed by atoms with Crippen LogP contribution in [0.2, 0.25) is 0 Å². The molecule has 0 amide bonds. The van der Waals surface area contributed by atoms with Crippen molar-refractivity contribution < 1.29 is 8.91 Å². The molecule has 3 heterocycles. The van der Waals surface area contributed by atoms with E-state index in [1.807, 2.05) is 55.5 Å². The SMILES string of the molecule is Cc1cccc(-c2noc(-c3ccc(N4CCN(c5ccc(F)cc5)CC4)nc3)n2)c1. The van der Waals surface area contributed by atoms with Crippen molar-refractivity contribution in [2.75, 3.05) is 36.0 Å². The molecule has 2 aromatic heterocycles. The van der Waals surface area contributed by atoms with Gasteiger partial charge in [-0.2, -0.15) is 4.98 Å². The highest BCUT2D eigenvalue weighted by molar-refractivity contribution is 5.61. The van der Waals surface area contributed by atoms with Gasteiger partial charge < -0.3 is 14.3 Å². The van der Waals surface area contributed by atoms with Crippen LogP contribution in [0.3, 0.4) is 0 Å². The number of anilines is 2. The molecule has 0 bridgehead atoms. The van der Waals surface area contributed by atoms with E-state index in [1.165, 1.54) is 12.1 Å². The number of hydrogen-bond donors (Lipinski definition) is 0. The number of aromatic nitrogens is 3. The average molecular weight is 415 g/mol. The van der Waals surface area contributed by atoms with Gasteiger partial charge in [-0.1, -0.05) is 28.9 Å². The normalized spacial score (nSPS) is 14.1. The van der Waals surface area contributed by atoms with Gasteiger partial charge in [-0.25, -0.2) is 9.37 Å². The second-order valence-electron chi connectivity index (χ2n) is 7.65. The van der Waals surface area contributed by atoms with Gasteiger partial charge in [0.15, 0.2) is 0 Å². The Balaban J connectivity index is 1.25. The molecule has 0 atom stereocenters. The third kappa shape index (κ3) is 4.12. The molecule has 0 N–H and O–H groups in total. The van der Waals surface area contributed by atoms with Gasteiger partial charge in [-0.05, 0) is 49.4 Å². The molecule has 0 radical (unpaired) electrons. The smallest absolute Gasteiger partial charge is 0.259 e. The Hall–Kier alpha value is -3.74. The summed E-state index contributed by atoms with van der Waals surface area (Å²) in [5, 5.41) is 4.11. The van der Waals surface area contributed by atoms with Gasteiger partial charge in [0.1, 0.15) is 11.6 Å². The van der Waals surface area contributed by atoms with E-state index >= 15 is 0 Å². The first kappa shape index (κ1) is 19.2. The zero-order valence-corrected chi connectivity index (χ0v) is 17.2. The molecular formula is C24H22FN5O. The lowest BCUT2D eigenvalue weighted by Crippen LogP contribution is -2.46. The molecule has 0 unspecified atom stereocenters. The van der Waals surface area contributed by atoms with Crippen molar-refractivity contribution in [1.82, 2.24) is 15.1 Å². The Morgan fingerprint density at radius 3 is 2.35 bits per heavy atom. The maximum atomic E-state index is 13.1. The average Bonchev–Trinajstić information content (AvgIpc) is 3.30. The summed E-state index contributed by atoms with van der Waals surface area (Å²) in [5.74, 6) is 1.73. The van der Waals surface area contributed by atoms with Crippen molar-refractivity contribution in [3.05, 3.63) is 78.2 Å². The van der Waals surface area contributed by atoms with E-state index in [0.717, 1.165) is 54.4 Å². The first-order chi connectivity index (χ1) is 15.2. The molecule has 4 aromatic rings. The van der Waals surface area contributed by atoms with E-state index in [0.29, 0.717) is 11.7 Å². The quantitative estimate of drug-likeness (QED) is 0.487. The Morgan fingerprint density at radius 1 is 0.871 bits per heavy atom. The van der Waals surface area contributed by atoms with E-state index in [1.54, 1.807) is 6.20 Å². The summed E-state index contributed by atoms with van der Waals surface area (Å²) in [7, 11) is 0. The van der Waals surface area contributed by atoms with Crippen LogP contribution in [0.15, 0.2) is 71.4 Å². The van der Waals surface area contributed by atoms with Crippen LogP contribution >= 0.6 is 0 Å². The summed E-state index contributed by atoms with van der Waals surface area (Å²) >= 11 is 0. The Morgan fingerprint density at radius 2 is 1.65 bits per heavy atom. The minimum absolute atomic E-state index is 0.209. The van der Waals surface area contributed by atoms with Crippen molar-refractivity contribution in [1.29, 1.82) is 0 Å². The highest BCUT2D eigenvalue weighted by Crippen LogP contribution is 2.25. The number of piperazine rings is 1. The van der Waals surface area contributed by atoms with Crippen molar-refractivity contribution in [2.24, 2.45) is 0 Å². The predicted octanol–water partition coefficient (Wildman–Crippen LogP) is 4.57. The van der Waals surface area contributed by atoms with Crippen LogP contribution in [0.1, 0.15) is 5.56 Å². The maximum absolute atomic E-state index is 13.1. The lowest BCUT2D eigenvalue weighted by molar-refractivity contribution is 0.432. The van der Waals surface area contributed by atoms with Crippen molar-refractivity contribution >= 4 is 11.5 Å². The monoisotopic (exact) mass is 415 g/mol. The molecule has 1 aliphatic rings. The number of aryl methyl sites for hydroxylation is 1. The molecule has 0 saturated carbocycles. The molecule has 7 heteroatoms. The summed E-state index contributed by atoms with van der Waals surface area (Å²) < 4.78 is 18.6. The fraction of sp³-hybridized carbons (Fsp3) is 0.208. The van der Waals surface area contributed by atoms with Crippen molar-refractivity contribution in [3.8, 4) is 22.8 Å². The highest BCUT2D eigenvalue weighted by Gasteiger charge is 2.19. The fourth-order valence-electron chi connectivity index (χ4n) is 3.79. The van der Waals surface area contributed by atoms with E-state index in [4.69, 9.17) is 4.52 Å². The number of benzene rings is 2. The van der Waals surface area contributed by atoms with Crippen LogP contribution in [-0.4, -0.2) is 41.3 Å². The van der Waals surface area contributed by atoms with Crippen LogP contribution in [0.25, 0.3) is 22.8 Å². The fourth-order valence-corrected chi connectivity index (χ4v) is 3.79. The van der Waals surface area contributed by atoms with Crippen LogP contribution in [0, 0.1) is 12.7 Å². The minimum Gasteiger partial charge on any atom is -0.368 e. The van der Waals surface area contributed by atoms with Crippen LogP contribution in [0.4, 0.5) is 15.9 Å². The van der Waals surface area contributed by atoms with Crippen LogP contribution in [0.5, 0.6) is 0 Å². The molecule has 0 aliphatic carbocycles. The largest absolute Gasteiger partial charge is 0.368 e. The Kier molecular flexibility index (Phi) is 5.08. The topological polar surface area (TPSA) is 58.3 Å². The molecule has 5 rings (SSSR count). The zero-order valence-electron chi connectivity index (χ0n) is 17.2. The predicted molar refractivity (Wildman–Crippen MR) is 119 cm³/mol. The van der Waals surface area contributed by atoms with E-state index < -0.39 is 0 Å². The molecular weight excluding hydrogens is 393 g/mol.